The van der Waals surface area contributed by atoms with Gasteiger partial charge in [-0.2, -0.15) is 0 Å². The minimum atomic E-state index is 0.345. The van der Waals surface area contributed by atoms with Crippen LogP contribution < -0.4 is 15.2 Å². The van der Waals surface area contributed by atoms with Gasteiger partial charge in [0.1, 0.15) is 0 Å². The minimum Gasteiger partial charge on any atom is -0.493 e. The molecule has 1 rings (SSSR count). The lowest BCUT2D eigenvalue weighted by atomic mass is 9.98. The van der Waals surface area contributed by atoms with E-state index in [1.807, 2.05) is 6.07 Å². The van der Waals surface area contributed by atoms with E-state index in [1.54, 1.807) is 20.3 Å². The first-order valence-corrected chi connectivity index (χ1v) is 6.45. The lowest BCUT2D eigenvalue weighted by Gasteiger charge is -2.15. The smallest absolute Gasteiger partial charge is 0.162 e. The number of benzene rings is 1. The summed E-state index contributed by atoms with van der Waals surface area (Å²) in [7, 11) is 3.19. The van der Waals surface area contributed by atoms with Gasteiger partial charge < -0.3 is 15.2 Å². The first-order valence-electron chi connectivity index (χ1n) is 5.66. The van der Waals surface area contributed by atoms with Crippen LogP contribution in [0.3, 0.4) is 0 Å². The SMILES string of the molecule is COc1cc(Cl)c(CC(C)CC(N)=S)cc1OC. The molecule has 1 atom stereocenters. The van der Waals surface area contributed by atoms with Crippen molar-refractivity contribution >= 4 is 28.8 Å². The van der Waals surface area contributed by atoms with Gasteiger partial charge in [0, 0.05) is 17.5 Å². The van der Waals surface area contributed by atoms with Crippen LogP contribution in [-0.2, 0) is 6.42 Å². The number of rotatable bonds is 6. The van der Waals surface area contributed by atoms with Crippen LogP contribution in [0.25, 0.3) is 0 Å². The summed E-state index contributed by atoms with van der Waals surface area (Å²) in [6.07, 6.45) is 1.51. The van der Waals surface area contributed by atoms with Gasteiger partial charge in [-0.15, -0.1) is 0 Å². The van der Waals surface area contributed by atoms with E-state index in [9.17, 15) is 0 Å². The van der Waals surface area contributed by atoms with E-state index in [0.717, 1.165) is 12.0 Å². The van der Waals surface area contributed by atoms with Crippen LogP contribution >= 0.6 is 23.8 Å². The maximum Gasteiger partial charge on any atom is 0.162 e. The van der Waals surface area contributed by atoms with E-state index < -0.39 is 0 Å². The number of hydrogen-bond acceptors (Lipinski definition) is 3. The lowest BCUT2D eigenvalue weighted by Crippen LogP contribution is -2.14. The van der Waals surface area contributed by atoms with Crippen LogP contribution in [0.4, 0.5) is 0 Å². The summed E-state index contributed by atoms with van der Waals surface area (Å²) in [4.78, 5) is 0.527. The number of nitrogens with two attached hydrogens (primary N) is 1. The maximum atomic E-state index is 6.22. The van der Waals surface area contributed by atoms with Crippen LogP contribution in [0.2, 0.25) is 5.02 Å². The van der Waals surface area contributed by atoms with Gasteiger partial charge in [0.2, 0.25) is 0 Å². The van der Waals surface area contributed by atoms with Crippen LogP contribution in [0, 0.1) is 5.92 Å². The Labute approximate surface area is 118 Å². The molecule has 18 heavy (non-hydrogen) atoms. The fraction of sp³-hybridized carbons (Fsp3) is 0.462. The summed E-state index contributed by atoms with van der Waals surface area (Å²) in [6, 6.07) is 3.67. The molecule has 0 radical (unpaired) electrons. The Morgan fingerprint density at radius 2 is 1.89 bits per heavy atom. The van der Waals surface area contributed by atoms with E-state index in [2.05, 4.69) is 6.92 Å². The molecule has 5 heteroatoms. The van der Waals surface area contributed by atoms with Crippen LogP contribution in [0.1, 0.15) is 18.9 Å². The summed E-state index contributed by atoms with van der Waals surface area (Å²) in [5.41, 5.74) is 6.55. The molecule has 2 N–H and O–H groups in total. The van der Waals surface area contributed by atoms with Crippen LogP contribution in [0.5, 0.6) is 11.5 Å². The monoisotopic (exact) mass is 287 g/mol. The van der Waals surface area contributed by atoms with Gasteiger partial charge in [0.15, 0.2) is 11.5 Å². The predicted octanol–water partition coefficient (Wildman–Crippen LogP) is 3.21. The van der Waals surface area contributed by atoms with E-state index in [4.69, 9.17) is 39.0 Å². The van der Waals surface area contributed by atoms with Gasteiger partial charge in [0.25, 0.3) is 0 Å². The van der Waals surface area contributed by atoms with Gasteiger partial charge >= 0.3 is 0 Å². The molecule has 0 aliphatic heterocycles. The van der Waals surface area contributed by atoms with Crippen LogP contribution in [0.15, 0.2) is 12.1 Å². The van der Waals surface area contributed by atoms with E-state index in [-0.39, 0.29) is 0 Å². The van der Waals surface area contributed by atoms with Crippen molar-refractivity contribution < 1.29 is 9.47 Å². The first-order chi connectivity index (χ1) is 8.47. The molecular formula is C13H18ClNO2S. The molecule has 100 valence electrons. The molecule has 0 aliphatic rings. The standard InChI is InChI=1S/C13H18ClNO2S/c1-8(5-13(15)18)4-9-6-11(16-2)12(17-3)7-10(9)14/h6-8H,4-5H2,1-3H3,(H2,15,18). The van der Waals surface area contributed by atoms with E-state index in [1.165, 1.54) is 0 Å². The van der Waals surface area contributed by atoms with Gasteiger partial charge in [0.05, 0.1) is 19.2 Å². The third-order valence-corrected chi connectivity index (χ3v) is 3.19. The largest absolute Gasteiger partial charge is 0.493 e. The molecule has 1 aromatic carbocycles. The summed E-state index contributed by atoms with van der Waals surface area (Å²) in [5.74, 6) is 1.66. The Hall–Kier alpha value is -1.00. The summed E-state index contributed by atoms with van der Waals surface area (Å²) < 4.78 is 10.5. The zero-order chi connectivity index (χ0) is 13.7. The van der Waals surface area contributed by atoms with Crippen molar-refractivity contribution in [1.29, 1.82) is 0 Å². The third-order valence-electron chi connectivity index (χ3n) is 2.67. The number of ether oxygens (including phenoxy) is 2. The van der Waals surface area contributed by atoms with Crippen molar-refractivity contribution in [3.05, 3.63) is 22.7 Å². The molecular weight excluding hydrogens is 270 g/mol. The van der Waals surface area contributed by atoms with Crippen molar-refractivity contribution in [2.75, 3.05) is 14.2 Å². The fourth-order valence-electron chi connectivity index (χ4n) is 1.84. The van der Waals surface area contributed by atoms with Crippen molar-refractivity contribution in [3.63, 3.8) is 0 Å². The predicted molar refractivity (Wildman–Crippen MR) is 78.8 cm³/mol. The molecule has 3 nitrogen and oxygen atoms in total. The van der Waals surface area contributed by atoms with Crippen molar-refractivity contribution in [2.24, 2.45) is 11.7 Å². The average molecular weight is 288 g/mol. The first kappa shape index (κ1) is 15.1. The maximum absolute atomic E-state index is 6.22. The highest BCUT2D eigenvalue weighted by molar-refractivity contribution is 7.80. The molecule has 0 fully saturated rings. The van der Waals surface area contributed by atoms with Gasteiger partial charge in [-0.3, -0.25) is 0 Å². The molecule has 0 aliphatic carbocycles. The van der Waals surface area contributed by atoms with Crippen molar-refractivity contribution in [2.45, 2.75) is 19.8 Å². The summed E-state index contributed by atoms with van der Waals surface area (Å²) in [5, 5.41) is 0.669. The molecule has 0 heterocycles. The second kappa shape index (κ2) is 6.81. The van der Waals surface area contributed by atoms with E-state index in [0.29, 0.717) is 33.8 Å². The van der Waals surface area contributed by atoms with Gasteiger partial charge in [-0.1, -0.05) is 30.7 Å². The molecule has 0 bridgehead atoms. The lowest BCUT2D eigenvalue weighted by molar-refractivity contribution is 0.354. The zero-order valence-corrected chi connectivity index (χ0v) is 12.4. The molecule has 0 amide bonds. The zero-order valence-electron chi connectivity index (χ0n) is 10.8. The molecule has 1 aromatic rings. The average Bonchev–Trinajstić information content (AvgIpc) is 2.30. The number of thiocarbonyl (C=S) groups is 1. The van der Waals surface area contributed by atoms with Crippen molar-refractivity contribution in [3.8, 4) is 11.5 Å². The molecule has 0 saturated carbocycles. The molecule has 0 spiro atoms. The Balaban J connectivity index is 2.92. The Morgan fingerprint density at radius 1 is 1.33 bits per heavy atom. The van der Waals surface area contributed by atoms with Gasteiger partial charge in [-0.25, -0.2) is 0 Å². The Kier molecular flexibility index (Phi) is 5.69. The second-order valence-electron chi connectivity index (χ2n) is 4.28. The normalized spacial score (nSPS) is 12.0. The highest BCUT2D eigenvalue weighted by Crippen LogP contribution is 2.34. The highest BCUT2D eigenvalue weighted by atomic mass is 35.5. The molecule has 0 aromatic heterocycles. The Bertz CT molecular complexity index is 437. The summed E-state index contributed by atoms with van der Waals surface area (Å²) >= 11 is 11.1. The number of halogens is 1. The minimum absolute atomic E-state index is 0.345. The fourth-order valence-corrected chi connectivity index (χ4v) is 2.36. The van der Waals surface area contributed by atoms with E-state index >= 15 is 0 Å². The topological polar surface area (TPSA) is 44.5 Å². The quantitative estimate of drug-likeness (QED) is 0.816. The number of hydrogen-bond donors (Lipinski definition) is 1. The Morgan fingerprint density at radius 3 is 2.39 bits per heavy atom. The molecule has 0 saturated heterocycles. The summed E-state index contributed by atoms with van der Waals surface area (Å²) in [6.45, 7) is 2.09. The molecule has 1 unspecified atom stereocenters. The van der Waals surface area contributed by atoms with Gasteiger partial charge in [-0.05, 0) is 24.0 Å². The van der Waals surface area contributed by atoms with Crippen LogP contribution in [-0.4, -0.2) is 19.2 Å². The third kappa shape index (κ3) is 4.03. The number of methoxy groups -OCH3 is 2. The second-order valence-corrected chi connectivity index (χ2v) is 5.21. The van der Waals surface area contributed by atoms with Crippen molar-refractivity contribution in [1.82, 2.24) is 0 Å². The highest BCUT2D eigenvalue weighted by Gasteiger charge is 2.13.